The number of benzene rings is 3. The molecule has 0 aliphatic carbocycles. The zero-order valence-corrected chi connectivity index (χ0v) is 20.3. The molecule has 178 valence electrons. The lowest BCUT2D eigenvalue weighted by molar-refractivity contribution is -0.120. The zero-order chi connectivity index (χ0) is 24.3. The van der Waals surface area contributed by atoms with Gasteiger partial charge in [0.2, 0.25) is 5.91 Å². The molecule has 8 heteroatoms. The van der Waals surface area contributed by atoms with Crippen LogP contribution in [0.4, 0.5) is 5.69 Å². The summed E-state index contributed by atoms with van der Waals surface area (Å²) in [7, 11) is -3.97. The number of rotatable bonds is 7. The van der Waals surface area contributed by atoms with Crippen molar-refractivity contribution in [1.29, 1.82) is 0 Å². The van der Waals surface area contributed by atoms with Crippen molar-refractivity contribution in [2.45, 2.75) is 31.8 Å². The van der Waals surface area contributed by atoms with E-state index in [1.165, 1.54) is 0 Å². The van der Waals surface area contributed by atoms with Crippen molar-refractivity contribution < 1.29 is 22.7 Å². The third-order valence-electron chi connectivity index (χ3n) is 5.49. The number of fused-ring (bicyclic) bond motifs is 1. The van der Waals surface area contributed by atoms with Crippen LogP contribution in [-0.4, -0.2) is 40.1 Å². The molecular weight excluding hydrogens is 452 g/mol. The predicted molar refractivity (Wildman–Crippen MR) is 131 cm³/mol. The van der Waals surface area contributed by atoms with E-state index < -0.39 is 15.9 Å². The summed E-state index contributed by atoms with van der Waals surface area (Å²) in [6, 6.07) is 19.4. The highest BCUT2D eigenvalue weighted by Crippen LogP contribution is 2.31. The first-order chi connectivity index (χ1) is 16.2. The highest BCUT2D eigenvalue weighted by molar-refractivity contribution is 7.92. The highest BCUT2D eigenvalue weighted by atomic mass is 32.2. The summed E-state index contributed by atoms with van der Waals surface area (Å²) in [6.07, 6.45) is -0.373. The average molecular weight is 481 g/mol. The van der Waals surface area contributed by atoms with Crippen LogP contribution in [0.5, 0.6) is 11.5 Å². The summed E-state index contributed by atoms with van der Waals surface area (Å²) in [5.41, 5.74) is 3.21. The first-order valence-electron chi connectivity index (χ1n) is 11.1. The lowest BCUT2D eigenvalue weighted by atomic mass is 10.1. The Hall–Kier alpha value is -3.52. The summed E-state index contributed by atoms with van der Waals surface area (Å²) in [5, 5.41) is 2.80. The Bertz CT molecular complexity index is 1270. The third kappa shape index (κ3) is 5.34. The van der Waals surface area contributed by atoms with Gasteiger partial charge in [0, 0.05) is 0 Å². The van der Waals surface area contributed by atoms with Gasteiger partial charge >= 0.3 is 0 Å². The van der Waals surface area contributed by atoms with Crippen LogP contribution in [-0.2, 0) is 14.8 Å². The molecule has 0 aromatic heterocycles. The van der Waals surface area contributed by atoms with Crippen LogP contribution in [0, 0.1) is 20.8 Å². The van der Waals surface area contributed by atoms with Crippen LogP contribution in [0.25, 0.3) is 0 Å². The van der Waals surface area contributed by atoms with E-state index in [0.717, 1.165) is 21.0 Å². The van der Waals surface area contributed by atoms with Gasteiger partial charge in [-0.2, -0.15) is 0 Å². The number of nitrogens with zero attached hydrogens (tertiary/aromatic N) is 1. The van der Waals surface area contributed by atoms with Gasteiger partial charge in [0.1, 0.15) is 19.3 Å². The Balaban J connectivity index is 1.52. The molecule has 3 aromatic carbocycles. The fourth-order valence-corrected chi connectivity index (χ4v) is 5.23. The van der Waals surface area contributed by atoms with E-state index in [1.54, 1.807) is 42.5 Å². The molecule has 0 spiro atoms. The Labute approximate surface area is 200 Å². The predicted octanol–water partition coefficient (Wildman–Crippen LogP) is 3.76. The Morgan fingerprint density at radius 3 is 2.26 bits per heavy atom. The molecule has 0 fully saturated rings. The molecule has 3 aromatic rings. The number of amides is 1. The van der Waals surface area contributed by atoms with Crippen LogP contribution >= 0.6 is 0 Å². The Morgan fingerprint density at radius 2 is 1.59 bits per heavy atom. The number of para-hydroxylation sites is 2. The third-order valence-corrected chi connectivity index (χ3v) is 7.27. The first kappa shape index (κ1) is 23.6. The summed E-state index contributed by atoms with van der Waals surface area (Å²) >= 11 is 0. The van der Waals surface area contributed by atoms with E-state index in [1.807, 2.05) is 45.0 Å². The smallest absolute Gasteiger partial charge is 0.264 e. The molecule has 1 N–H and O–H groups in total. The Kier molecular flexibility index (Phi) is 6.79. The number of carbonyl (C=O) groups is 1. The van der Waals surface area contributed by atoms with Crippen molar-refractivity contribution in [3.05, 3.63) is 83.4 Å². The van der Waals surface area contributed by atoms with Crippen LogP contribution < -0.4 is 19.1 Å². The van der Waals surface area contributed by atoms with Crippen molar-refractivity contribution >= 4 is 21.6 Å². The van der Waals surface area contributed by atoms with Gasteiger partial charge in [-0.25, -0.2) is 8.42 Å². The summed E-state index contributed by atoms with van der Waals surface area (Å²) in [6.45, 7) is 5.80. The summed E-state index contributed by atoms with van der Waals surface area (Å²) in [5.74, 6) is 0.847. The second-order valence-electron chi connectivity index (χ2n) is 8.47. The van der Waals surface area contributed by atoms with Gasteiger partial charge in [-0.05, 0) is 68.3 Å². The SMILES string of the molecule is Cc1ccc(S(=O)(=O)N(CC(=O)NC[C@@H]2COc3ccccc3O2)c2cc(C)cc(C)c2)cc1. The molecular formula is C26H28N2O5S. The van der Waals surface area contributed by atoms with Crippen molar-refractivity contribution in [3.8, 4) is 11.5 Å². The second kappa shape index (κ2) is 9.77. The number of anilines is 1. The van der Waals surface area contributed by atoms with Gasteiger partial charge in [-0.1, -0.05) is 35.9 Å². The largest absolute Gasteiger partial charge is 0.486 e. The molecule has 0 unspecified atom stereocenters. The van der Waals surface area contributed by atoms with Gasteiger partial charge in [-0.3, -0.25) is 9.10 Å². The maximum Gasteiger partial charge on any atom is 0.264 e. The molecule has 7 nitrogen and oxygen atoms in total. The van der Waals surface area contributed by atoms with Gasteiger partial charge in [-0.15, -0.1) is 0 Å². The minimum absolute atomic E-state index is 0.130. The van der Waals surface area contributed by atoms with Crippen molar-refractivity contribution in [3.63, 3.8) is 0 Å². The highest BCUT2D eigenvalue weighted by Gasteiger charge is 2.28. The molecule has 0 bridgehead atoms. The van der Waals surface area contributed by atoms with Crippen LogP contribution in [0.3, 0.4) is 0 Å². The molecule has 1 amide bonds. The van der Waals surface area contributed by atoms with Gasteiger partial charge in [0.15, 0.2) is 11.5 Å². The molecule has 0 saturated carbocycles. The average Bonchev–Trinajstić information content (AvgIpc) is 2.80. The van der Waals surface area contributed by atoms with Gasteiger partial charge in [0.25, 0.3) is 10.0 Å². The van der Waals surface area contributed by atoms with E-state index in [9.17, 15) is 13.2 Å². The first-order valence-corrected chi connectivity index (χ1v) is 12.5. The second-order valence-corrected chi connectivity index (χ2v) is 10.3. The number of ether oxygens (including phenoxy) is 2. The molecule has 0 radical (unpaired) electrons. The maximum absolute atomic E-state index is 13.5. The minimum atomic E-state index is -3.97. The summed E-state index contributed by atoms with van der Waals surface area (Å²) in [4.78, 5) is 13.0. The van der Waals surface area contributed by atoms with Gasteiger partial charge < -0.3 is 14.8 Å². The Morgan fingerprint density at radius 1 is 0.941 bits per heavy atom. The van der Waals surface area contributed by atoms with Crippen LogP contribution in [0.2, 0.25) is 0 Å². The van der Waals surface area contributed by atoms with E-state index in [0.29, 0.717) is 23.8 Å². The van der Waals surface area contributed by atoms with Crippen LogP contribution in [0.1, 0.15) is 16.7 Å². The molecule has 1 heterocycles. The lowest BCUT2D eigenvalue weighted by Crippen LogP contribution is -2.45. The molecule has 0 saturated heterocycles. The monoisotopic (exact) mass is 480 g/mol. The minimum Gasteiger partial charge on any atom is -0.486 e. The van der Waals surface area contributed by atoms with E-state index in [4.69, 9.17) is 9.47 Å². The fraction of sp³-hybridized carbons (Fsp3) is 0.269. The van der Waals surface area contributed by atoms with Crippen LogP contribution in [0.15, 0.2) is 71.6 Å². The standard InChI is InChI=1S/C26H28N2O5S/c1-18-8-10-23(11-9-18)34(30,31)28(21-13-19(2)12-20(3)14-21)16-26(29)27-15-22-17-32-24-6-4-5-7-25(24)33-22/h4-14,22H,15-17H2,1-3H3,(H,27,29)/t22-/m1/s1. The van der Waals surface area contributed by atoms with Crippen molar-refractivity contribution in [2.24, 2.45) is 0 Å². The number of hydrogen-bond acceptors (Lipinski definition) is 5. The molecule has 4 rings (SSSR count). The molecule has 1 aliphatic heterocycles. The zero-order valence-electron chi connectivity index (χ0n) is 19.4. The summed E-state index contributed by atoms with van der Waals surface area (Å²) < 4.78 is 39.8. The fourth-order valence-electron chi connectivity index (χ4n) is 3.82. The number of nitrogens with one attached hydrogen (secondary N) is 1. The number of sulfonamides is 1. The quantitative estimate of drug-likeness (QED) is 0.557. The van der Waals surface area contributed by atoms with E-state index >= 15 is 0 Å². The van der Waals surface area contributed by atoms with E-state index in [-0.39, 0.29) is 24.1 Å². The molecule has 1 atom stereocenters. The molecule has 34 heavy (non-hydrogen) atoms. The lowest BCUT2D eigenvalue weighted by Gasteiger charge is -2.28. The number of carbonyl (C=O) groups excluding carboxylic acids is 1. The van der Waals surface area contributed by atoms with Crippen molar-refractivity contribution in [2.75, 3.05) is 24.0 Å². The molecule has 1 aliphatic rings. The maximum atomic E-state index is 13.5. The number of aryl methyl sites for hydroxylation is 3. The van der Waals surface area contributed by atoms with Crippen molar-refractivity contribution in [1.82, 2.24) is 5.32 Å². The van der Waals surface area contributed by atoms with E-state index in [2.05, 4.69) is 5.32 Å². The number of hydrogen-bond donors (Lipinski definition) is 1. The topological polar surface area (TPSA) is 84.9 Å². The normalized spacial score (nSPS) is 15.0. The van der Waals surface area contributed by atoms with Gasteiger partial charge in [0.05, 0.1) is 17.1 Å².